The summed E-state index contributed by atoms with van der Waals surface area (Å²) in [6, 6.07) is 6.61. The van der Waals surface area contributed by atoms with Crippen molar-refractivity contribution in [1.82, 2.24) is 9.80 Å². The fourth-order valence-electron chi connectivity index (χ4n) is 4.01. The molecule has 0 spiro atoms. The summed E-state index contributed by atoms with van der Waals surface area (Å²) in [5, 5.41) is -0.741. The van der Waals surface area contributed by atoms with Crippen molar-refractivity contribution in [3.63, 3.8) is 0 Å². The molecule has 0 bridgehead atoms. The molecule has 2 aliphatic rings. The lowest BCUT2D eigenvalue weighted by Gasteiger charge is -2.36. The summed E-state index contributed by atoms with van der Waals surface area (Å²) in [7, 11) is -3.46. The number of piperazine rings is 1. The van der Waals surface area contributed by atoms with Gasteiger partial charge in [-0.15, -0.1) is 0 Å². The maximum atomic E-state index is 13.0. The van der Waals surface area contributed by atoms with Gasteiger partial charge in [0, 0.05) is 38.4 Å². The fourth-order valence-corrected chi connectivity index (χ4v) is 5.76. The number of unbranched alkanes of at least 4 members (excludes halogenated alkanes) is 1. The quantitative estimate of drug-likeness (QED) is 0.671. The molecule has 1 aromatic carbocycles. The first kappa shape index (κ1) is 21.0. The van der Waals surface area contributed by atoms with Gasteiger partial charge in [0.1, 0.15) is 15.9 Å². The fraction of sp³-hybridized carbons (Fsp3) is 0.650. The highest BCUT2D eigenvalue weighted by molar-refractivity contribution is 7.94. The standard InChI is InChI=1S/C20H30FN3O3S/c1-16-24(19(25)20(2,3)28(16,26)27)11-5-4-10-22-12-14-23(15-13-22)18-8-6-17(21)7-9-18/h6-9,16H,4-5,10-15H2,1-3H3. The zero-order chi connectivity index (χ0) is 20.5. The molecule has 3 rings (SSSR count). The molecule has 2 saturated heterocycles. The van der Waals surface area contributed by atoms with E-state index in [-0.39, 0.29) is 11.7 Å². The summed E-state index contributed by atoms with van der Waals surface area (Å²) in [5.41, 5.74) is 1.05. The summed E-state index contributed by atoms with van der Waals surface area (Å²) in [6.45, 7) is 9.72. The minimum absolute atomic E-state index is 0.218. The van der Waals surface area contributed by atoms with Gasteiger partial charge in [0.2, 0.25) is 5.91 Å². The lowest BCUT2D eigenvalue weighted by Crippen LogP contribution is -2.46. The molecule has 0 saturated carbocycles. The van der Waals surface area contributed by atoms with Crippen molar-refractivity contribution in [3.8, 4) is 0 Å². The third kappa shape index (κ3) is 3.89. The molecule has 1 atom stereocenters. The summed E-state index contributed by atoms with van der Waals surface area (Å²) in [5.74, 6) is -0.503. The van der Waals surface area contributed by atoms with Crippen molar-refractivity contribution < 1.29 is 17.6 Å². The molecule has 1 unspecified atom stereocenters. The first-order valence-electron chi connectivity index (χ1n) is 9.92. The highest BCUT2D eigenvalue weighted by Crippen LogP contribution is 2.34. The molecule has 0 N–H and O–H groups in total. The normalized spacial score (nSPS) is 24.7. The molecule has 0 aliphatic carbocycles. The van der Waals surface area contributed by atoms with Crippen LogP contribution in [-0.4, -0.2) is 73.5 Å². The Morgan fingerprint density at radius 1 is 1.04 bits per heavy atom. The number of carbonyl (C=O) groups is 1. The lowest BCUT2D eigenvalue weighted by molar-refractivity contribution is -0.132. The molecule has 156 valence electrons. The number of hydrogen-bond donors (Lipinski definition) is 0. The highest BCUT2D eigenvalue weighted by Gasteiger charge is 2.56. The maximum Gasteiger partial charge on any atom is 0.244 e. The van der Waals surface area contributed by atoms with E-state index in [0.717, 1.165) is 51.3 Å². The van der Waals surface area contributed by atoms with Gasteiger partial charge in [-0.1, -0.05) is 0 Å². The van der Waals surface area contributed by atoms with Crippen LogP contribution in [0.3, 0.4) is 0 Å². The Morgan fingerprint density at radius 3 is 2.14 bits per heavy atom. The Hall–Kier alpha value is -1.67. The molecule has 0 radical (unpaired) electrons. The van der Waals surface area contributed by atoms with E-state index in [2.05, 4.69) is 9.80 Å². The third-order valence-corrected chi connectivity index (χ3v) is 8.81. The average molecular weight is 412 g/mol. The van der Waals surface area contributed by atoms with Crippen LogP contribution in [0, 0.1) is 5.82 Å². The first-order valence-corrected chi connectivity index (χ1v) is 11.5. The predicted octanol–water partition coefficient (Wildman–Crippen LogP) is 2.11. The summed E-state index contributed by atoms with van der Waals surface area (Å²) in [6.07, 6.45) is 1.72. The van der Waals surface area contributed by atoms with Crippen LogP contribution >= 0.6 is 0 Å². The van der Waals surface area contributed by atoms with Gasteiger partial charge in [0.25, 0.3) is 0 Å². The molecule has 0 aromatic heterocycles. The van der Waals surface area contributed by atoms with Gasteiger partial charge in [0.15, 0.2) is 9.84 Å². The van der Waals surface area contributed by atoms with E-state index in [1.165, 1.54) is 30.9 Å². The average Bonchev–Trinajstić information content (AvgIpc) is 2.78. The van der Waals surface area contributed by atoms with Gasteiger partial charge in [-0.05, 0) is 64.4 Å². The van der Waals surface area contributed by atoms with Gasteiger partial charge in [-0.25, -0.2) is 12.8 Å². The number of halogens is 1. The van der Waals surface area contributed by atoms with Gasteiger partial charge in [-0.3, -0.25) is 9.69 Å². The van der Waals surface area contributed by atoms with E-state index in [4.69, 9.17) is 0 Å². The minimum atomic E-state index is -3.46. The Morgan fingerprint density at radius 2 is 1.61 bits per heavy atom. The number of nitrogens with zero attached hydrogens (tertiary/aromatic N) is 3. The van der Waals surface area contributed by atoms with Crippen molar-refractivity contribution in [3.05, 3.63) is 30.1 Å². The number of benzene rings is 1. The number of anilines is 1. The molecule has 2 fully saturated rings. The maximum absolute atomic E-state index is 13.0. The molecular weight excluding hydrogens is 381 g/mol. The Kier molecular flexibility index (Phi) is 6.00. The minimum Gasteiger partial charge on any atom is -0.369 e. The van der Waals surface area contributed by atoms with Crippen molar-refractivity contribution in [1.29, 1.82) is 0 Å². The van der Waals surface area contributed by atoms with Crippen molar-refractivity contribution in [2.75, 3.05) is 44.2 Å². The second kappa shape index (κ2) is 7.99. The number of hydrogen-bond acceptors (Lipinski definition) is 5. The van der Waals surface area contributed by atoms with Crippen molar-refractivity contribution in [2.45, 2.75) is 43.7 Å². The van der Waals surface area contributed by atoms with Crippen LogP contribution in [0.2, 0.25) is 0 Å². The molecule has 1 aromatic rings. The van der Waals surface area contributed by atoms with E-state index in [0.29, 0.717) is 6.54 Å². The largest absolute Gasteiger partial charge is 0.369 e. The first-order chi connectivity index (χ1) is 13.1. The number of amides is 1. The van der Waals surface area contributed by atoms with E-state index < -0.39 is 20.0 Å². The zero-order valence-electron chi connectivity index (χ0n) is 16.9. The summed E-state index contributed by atoms with van der Waals surface area (Å²) in [4.78, 5) is 18.6. The second-order valence-electron chi connectivity index (χ2n) is 8.17. The van der Waals surface area contributed by atoms with Crippen LogP contribution in [-0.2, 0) is 14.6 Å². The molecular formula is C20H30FN3O3S. The van der Waals surface area contributed by atoms with Crippen LogP contribution in [0.1, 0.15) is 33.6 Å². The zero-order valence-corrected chi connectivity index (χ0v) is 17.7. The van der Waals surface area contributed by atoms with Crippen LogP contribution in [0.4, 0.5) is 10.1 Å². The Bertz CT molecular complexity index is 802. The predicted molar refractivity (Wildman–Crippen MR) is 108 cm³/mol. The monoisotopic (exact) mass is 411 g/mol. The summed E-state index contributed by atoms with van der Waals surface area (Å²) >= 11 is 0. The molecule has 2 aliphatic heterocycles. The molecule has 1 amide bonds. The molecule has 2 heterocycles. The van der Waals surface area contributed by atoms with E-state index in [9.17, 15) is 17.6 Å². The topological polar surface area (TPSA) is 60.9 Å². The van der Waals surface area contributed by atoms with E-state index in [1.54, 1.807) is 6.92 Å². The Balaban J connectivity index is 1.41. The van der Waals surface area contributed by atoms with Gasteiger partial charge in [-0.2, -0.15) is 0 Å². The highest BCUT2D eigenvalue weighted by atomic mass is 32.2. The number of rotatable bonds is 6. The van der Waals surface area contributed by atoms with Crippen LogP contribution in [0.25, 0.3) is 0 Å². The molecule has 6 nitrogen and oxygen atoms in total. The SMILES string of the molecule is CC1N(CCCCN2CCN(c3ccc(F)cc3)CC2)C(=O)C(C)(C)S1(=O)=O. The summed E-state index contributed by atoms with van der Waals surface area (Å²) < 4.78 is 36.5. The van der Waals surface area contributed by atoms with Gasteiger partial charge >= 0.3 is 0 Å². The third-order valence-electron chi connectivity index (χ3n) is 6.06. The van der Waals surface area contributed by atoms with E-state index >= 15 is 0 Å². The van der Waals surface area contributed by atoms with Crippen LogP contribution in [0.15, 0.2) is 24.3 Å². The van der Waals surface area contributed by atoms with Gasteiger partial charge in [0.05, 0.1) is 0 Å². The van der Waals surface area contributed by atoms with Crippen molar-refractivity contribution >= 4 is 21.4 Å². The van der Waals surface area contributed by atoms with Crippen molar-refractivity contribution in [2.24, 2.45) is 0 Å². The smallest absolute Gasteiger partial charge is 0.244 e. The molecule has 8 heteroatoms. The Labute approximate surface area is 167 Å². The number of carbonyl (C=O) groups excluding carboxylic acids is 1. The van der Waals surface area contributed by atoms with Crippen LogP contribution in [0.5, 0.6) is 0 Å². The number of sulfone groups is 1. The van der Waals surface area contributed by atoms with Crippen LogP contribution < -0.4 is 4.90 Å². The second-order valence-corrected chi connectivity index (χ2v) is 11.0. The van der Waals surface area contributed by atoms with E-state index in [1.807, 2.05) is 12.1 Å². The van der Waals surface area contributed by atoms with Gasteiger partial charge < -0.3 is 9.80 Å². The molecule has 28 heavy (non-hydrogen) atoms. The lowest BCUT2D eigenvalue weighted by atomic mass is 10.1.